The maximum Gasteiger partial charge on any atom is 0.0181 e. The van der Waals surface area contributed by atoms with Crippen LogP contribution in [0.5, 0.6) is 0 Å². The lowest BCUT2D eigenvalue weighted by Crippen LogP contribution is -2.06. The predicted octanol–water partition coefficient (Wildman–Crippen LogP) is 5.07. The molecule has 0 amide bonds. The molecule has 0 unspecified atom stereocenters. The van der Waals surface area contributed by atoms with Crippen molar-refractivity contribution in [2.45, 2.75) is 90.6 Å². The number of nitrogens with two attached hydrogens (primary N) is 2. The van der Waals surface area contributed by atoms with Gasteiger partial charge in [0.15, 0.2) is 0 Å². The number of unbranched alkanes of at least 4 members (excludes halogenated alkanes) is 9. The third-order valence-corrected chi connectivity index (χ3v) is 4.53. The van der Waals surface area contributed by atoms with Crippen LogP contribution in [-0.4, -0.2) is 0 Å². The van der Waals surface area contributed by atoms with Crippen LogP contribution in [0.3, 0.4) is 0 Å². The molecular formula is C20H36N2. The van der Waals surface area contributed by atoms with Gasteiger partial charge in [-0.2, -0.15) is 0 Å². The van der Waals surface area contributed by atoms with Gasteiger partial charge in [0.2, 0.25) is 0 Å². The first-order chi connectivity index (χ1) is 10.8. The normalized spacial score (nSPS) is 11.0. The summed E-state index contributed by atoms with van der Waals surface area (Å²) in [7, 11) is 0. The molecule has 0 aliphatic rings. The topological polar surface area (TPSA) is 52.0 Å². The van der Waals surface area contributed by atoms with Gasteiger partial charge in [-0.15, -0.1) is 0 Å². The molecule has 0 saturated carbocycles. The van der Waals surface area contributed by atoms with E-state index in [-0.39, 0.29) is 0 Å². The maximum absolute atomic E-state index is 5.79. The molecule has 4 N–H and O–H groups in total. The lowest BCUT2D eigenvalue weighted by Gasteiger charge is -2.09. The van der Waals surface area contributed by atoms with Gasteiger partial charge in [0.1, 0.15) is 0 Å². The Labute approximate surface area is 137 Å². The third kappa shape index (κ3) is 7.95. The molecule has 0 bridgehead atoms. The van der Waals surface area contributed by atoms with Crippen LogP contribution < -0.4 is 11.5 Å². The Hall–Kier alpha value is -0.860. The van der Waals surface area contributed by atoms with Crippen LogP contribution in [0.1, 0.15) is 87.8 Å². The minimum atomic E-state index is 0.588. The summed E-state index contributed by atoms with van der Waals surface area (Å²) in [5, 5.41) is 0. The molecule has 2 heteroatoms. The molecule has 1 rings (SSSR count). The molecule has 0 aliphatic carbocycles. The van der Waals surface area contributed by atoms with Crippen molar-refractivity contribution in [2.24, 2.45) is 11.5 Å². The Kier molecular flexibility index (Phi) is 11.0. The first-order valence-electron chi connectivity index (χ1n) is 9.32. The minimum absolute atomic E-state index is 0.588. The Morgan fingerprint density at radius 3 is 1.77 bits per heavy atom. The van der Waals surface area contributed by atoms with E-state index in [0.717, 1.165) is 0 Å². The Morgan fingerprint density at radius 1 is 0.682 bits per heavy atom. The van der Waals surface area contributed by atoms with Crippen molar-refractivity contribution in [1.29, 1.82) is 0 Å². The molecule has 0 atom stereocenters. The summed E-state index contributed by atoms with van der Waals surface area (Å²) in [6.07, 6.45) is 15.1. The smallest absolute Gasteiger partial charge is 0.0181 e. The van der Waals surface area contributed by atoms with E-state index in [2.05, 4.69) is 25.1 Å². The SMILES string of the molecule is CCCCCCCCCCCCc1ccc(CN)c(CN)c1. The van der Waals surface area contributed by atoms with Crippen LogP contribution >= 0.6 is 0 Å². The van der Waals surface area contributed by atoms with E-state index in [0.29, 0.717) is 13.1 Å². The van der Waals surface area contributed by atoms with Gasteiger partial charge in [0, 0.05) is 13.1 Å². The molecule has 0 spiro atoms. The Bertz CT molecular complexity index is 387. The molecule has 1 aromatic rings. The fraction of sp³-hybridized carbons (Fsp3) is 0.700. The van der Waals surface area contributed by atoms with Gasteiger partial charge in [-0.05, 0) is 29.5 Å². The first-order valence-corrected chi connectivity index (χ1v) is 9.32. The van der Waals surface area contributed by atoms with Crippen LogP contribution in [0, 0.1) is 0 Å². The van der Waals surface area contributed by atoms with Crippen molar-refractivity contribution in [2.75, 3.05) is 0 Å². The van der Waals surface area contributed by atoms with Crippen LogP contribution in [-0.2, 0) is 19.5 Å². The molecule has 0 aliphatic heterocycles. The zero-order chi connectivity index (χ0) is 16.0. The van der Waals surface area contributed by atoms with E-state index in [1.165, 1.54) is 87.3 Å². The van der Waals surface area contributed by atoms with Crippen molar-refractivity contribution in [3.8, 4) is 0 Å². The van der Waals surface area contributed by atoms with E-state index in [1.54, 1.807) is 0 Å². The van der Waals surface area contributed by atoms with Crippen molar-refractivity contribution in [1.82, 2.24) is 0 Å². The Morgan fingerprint density at radius 2 is 1.23 bits per heavy atom. The summed E-state index contributed by atoms with van der Waals surface area (Å²) < 4.78 is 0. The quantitative estimate of drug-likeness (QED) is 0.500. The predicted molar refractivity (Wildman–Crippen MR) is 97.8 cm³/mol. The molecule has 0 fully saturated rings. The molecule has 0 aromatic heterocycles. The number of rotatable bonds is 13. The largest absolute Gasteiger partial charge is 0.326 e. The molecule has 0 heterocycles. The monoisotopic (exact) mass is 304 g/mol. The van der Waals surface area contributed by atoms with Crippen molar-refractivity contribution in [3.63, 3.8) is 0 Å². The summed E-state index contributed by atoms with van der Waals surface area (Å²) >= 11 is 0. The van der Waals surface area contributed by atoms with Gasteiger partial charge in [-0.3, -0.25) is 0 Å². The molecule has 0 saturated heterocycles. The first kappa shape index (κ1) is 19.2. The summed E-state index contributed by atoms with van der Waals surface area (Å²) in [6.45, 7) is 3.46. The molecule has 0 radical (unpaired) electrons. The van der Waals surface area contributed by atoms with E-state index < -0.39 is 0 Å². The zero-order valence-corrected chi connectivity index (χ0v) is 14.6. The number of aryl methyl sites for hydroxylation is 1. The van der Waals surface area contributed by atoms with Crippen LogP contribution in [0.15, 0.2) is 18.2 Å². The molecule has 2 nitrogen and oxygen atoms in total. The molecular weight excluding hydrogens is 268 g/mol. The van der Waals surface area contributed by atoms with Crippen molar-refractivity contribution >= 4 is 0 Å². The average Bonchev–Trinajstić information content (AvgIpc) is 2.56. The second kappa shape index (κ2) is 12.7. The van der Waals surface area contributed by atoms with Crippen molar-refractivity contribution < 1.29 is 0 Å². The highest BCUT2D eigenvalue weighted by Crippen LogP contribution is 2.15. The second-order valence-electron chi connectivity index (χ2n) is 6.44. The zero-order valence-electron chi connectivity index (χ0n) is 14.6. The van der Waals surface area contributed by atoms with Crippen molar-refractivity contribution in [3.05, 3.63) is 34.9 Å². The van der Waals surface area contributed by atoms with Gasteiger partial charge < -0.3 is 11.5 Å². The van der Waals surface area contributed by atoms with Crippen LogP contribution in [0.25, 0.3) is 0 Å². The molecule has 1 aromatic carbocycles. The van der Waals surface area contributed by atoms with Crippen LogP contribution in [0.2, 0.25) is 0 Å². The summed E-state index contributed by atoms with van der Waals surface area (Å²) in [4.78, 5) is 0. The number of benzene rings is 1. The number of hydrogen-bond donors (Lipinski definition) is 2. The fourth-order valence-corrected chi connectivity index (χ4v) is 3.04. The van der Waals surface area contributed by atoms with Gasteiger partial charge >= 0.3 is 0 Å². The van der Waals surface area contributed by atoms with Gasteiger partial charge in [0.05, 0.1) is 0 Å². The highest BCUT2D eigenvalue weighted by Gasteiger charge is 2.01. The summed E-state index contributed by atoms with van der Waals surface area (Å²) in [6, 6.07) is 6.61. The van der Waals surface area contributed by atoms with E-state index in [1.807, 2.05) is 0 Å². The lowest BCUT2D eigenvalue weighted by atomic mass is 9.99. The fourth-order valence-electron chi connectivity index (χ4n) is 3.04. The van der Waals surface area contributed by atoms with Gasteiger partial charge in [0.25, 0.3) is 0 Å². The maximum atomic E-state index is 5.79. The Balaban J connectivity index is 2.07. The lowest BCUT2D eigenvalue weighted by molar-refractivity contribution is 0.556. The average molecular weight is 305 g/mol. The second-order valence-corrected chi connectivity index (χ2v) is 6.44. The standard InChI is InChI=1S/C20H36N2/c1-2-3-4-5-6-7-8-9-10-11-12-18-13-14-19(16-21)20(15-18)17-22/h13-15H,2-12,16-17,21-22H2,1H3. The minimum Gasteiger partial charge on any atom is -0.326 e. The highest BCUT2D eigenvalue weighted by molar-refractivity contribution is 5.32. The van der Waals surface area contributed by atoms with Crippen LogP contribution in [0.4, 0.5) is 0 Å². The van der Waals surface area contributed by atoms with Gasteiger partial charge in [-0.1, -0.05) is 82.9 Å². The van der Waals surface area contributed by atoms with E-state index in [9.17, 15) is 0 Å². The molecule has 126 valence electrons. The van der Waals surface area contributed by atoms with Gasteiger partial charge in [-0.25, -0.2) is 0 Å². The highest BCUT2D eigenvalue weighted by atomic mass is 14.6. The summed E-state index contributed by atoms with van der Waals surface area (Å²) in [5.41, 5.74) is 15.3. The molecule has 22 heavy (non-hydrogen) atoms. The van der Waals surface area contributed by atoms with E-state index in [4.69, 9.17) is 11.5 Å². The third-order valence-electron chi connectivity index (χ3n) is 4.53. The van der Waals surface area contributed by atoms with E-state index >= 15 is 0 Å². The summed E-state index contributed by atoms with van der Waals surface area (Å²) in [5.74, 6) is 0. The number of hydrogen-bond acceptors (Lipinski definition) is 2.